The molecule has 2 rings (SSSR count). The van der Waals surface area contributed by atoms with E-state index < -0.39 is 0 Å². The number of hydrogen-bond acceptors (Lipinski definition) is 4. The first-order valence-electron chi connectivity index (χ1n) is 5.70. The molecule has 0 radical (unpaired) electrons. The van der Waals surface area contributed by atoms with E-state index in [1.54, 1.807) is 24.3 Å². The van der Waals surface area contributed by atoms with Crippen LogP contribution in [0.4, 0.5) is 11.4 Å². The number of nitrogens with two attached hydrogens (primary N) is 4. The second kappa shape index (κ2) is 6.35. The summed E-state index contributed by atoms with van der Waals surface area (Å²) < 4.78 is 0. The van der Waals surface area contributed by atoms with Gasteiger partial charge in [0.1, 0.15) is 0 Å². The molecule has 0 aliphatic heterocycles. The predicted molar refractivity (Wildman–Crippen MR) is 69.7 cm³/mol. The largest absolute Gasteiger partial charge is 0.399 e. The minimum absolute atomic E-state index is 0.388. The van der Waals surface area contributed by atoms with Crippen LogP contribution in [-0.4, -0.2) is 12.1 Å². The molecule has 1 aliphatic rings. The predicted octanol–water partition coefficient (Wildman–Crippen LogP) is 1.07. The van der Waals surface area contributed by atoms with E-state index >= 15 is 0 Å². The van der Waals surface area contributed by atoms with E-state index in [1.807, 2.05) is 0 Å². The van der Waals surface area contributed by atoms with Crippen molar-refractivity contribution in [3.8, 4) is 0 Å². The Morgan fingerprint density at radius 2 is 1.19 bits per heavy atom. The van der Waals surface area contributed by atoms with Crippen molar-refractivity contribution in [1.29, 1.82) is 0 Å². The zero-order valence-electron chi connectivity index (χ0n) is 9.60. The Kier molecular flexibility index (Phi) is 5.08. The molecule has 0 amide bonds. The number of benzene rings is 1. The molecule has 1 aromatic rings. The van der Waals surface area contributed by atoms with Gasteiger partial charge in [-0.2, -0.15) is 0 Å². The molecule has 90 valence electrons. The van der Waals surface area contributed by atoms with Gasteiger partial charge in [0, 0.05) is 23.5 Å². The number of nitrogen functional groups attached to an aromatic ring is 2. The van der Waals surface area contributed by atoms with Gasteiger partial charge in [0.2, 0.25) is 0 Å². The van der Waals surface area contributed by atoms with E-state index in [1.165, 1.54) is 19.3 Å². The molecule has 1 aliphatic carbocycles. The fourth-order valence-corrected chi connectivity index (χ4v) is 1.76. The topological polar surface area (TPSA) is 104 Å². The van der Waals surface area contributed by atoms with Gasteiger partial charge in [0.15, 0.2) is 0 Å². The third kappa shape index (κ3) is 5.00. The molecule has 0 heterocycles. The van der Waals surface area contributed by atoms with Crippen molar-refractivity contribution >= 4 is 11.4 Å². The first-order valence-corrected chi connectivity index (χ1v) is 5.70. The normalized spacial score (nSPS) is 24.4. The molecule has 8 N–H and O–H groups in total. The van der Waals surface area contributed by atoms with E-state index in [-0.39, 0.29) is 0 Å². The van der Waals surface area contributed by atoms with E-state index in [0.29, 0.717) is 12.1 Å². The smallest absolute Gasteiger partial charge is 0.0315 e. The Balaban J connectivity index is 0.000000160. The Labute approximate surface area is 97.0 Å². The summed E-state index contributed by atoms with van der Waals surface area (Å²) in [5.41, 5.74) is 23.5. The van der Waals surface area contributed by atoms with Crippen LogP contribution in [0.2, 0.25) is 0 Å². The van der Waals surface area contributed by atoms with Crippen molar-refractivity contribution in [3.05, 3.63) is 24.3 Å². The minimum atomic E-state index is 0.388. The summed E-state index contributed by atoms with van der Waals surface area (Å²) in [6.07, 6.45) is 4.60. The average molecular weight is 222 g/mol. The summed E-state index contributed by atoms with van der Waals surface area (Å²) in [5.74, 6) is 0. The lowest BCUT2D eigenvalue weighted by Gasteiger charge is -2.22. The molecule has 1 fully saturated rings. The van der Waals surface area contributed by atoms with Crippen LogP contribution in [0, 0.1) is 0 Å². The monoisotopic (exact) mass is 222 g/mol. The van der Waals surface area contributed by atoms with Crippen LogP contribution in [0.1, 0.15) is 25.7 Å². The molecule has 16 heavy (non-hydrogen) atoms. The molecule has 1 aromatic carbocycles. The van der Waals surface area contributed by atoms with Crippen LogP contribution in [0.15, 0.2) is 24.3 Å². The highest BCUT2D eigenvalue weighted by molar-refractivity contribution is 5.47. The van der Waals surface area contributed by atoms with E-state index in [2.05, 4.69) is 0 Å². The molecule has 4 nitrogen and oxygen atoms in total. The molecule has 0 saturated heterocycles. The summed E-state index contributed by atoms with van der Waals surface area (Å²) >= 11 is 0. The van der Waals surface area contributed by atoms with Gasteiger partial charge in [0.25, 0.3) is 0 Å². The number of rotatable bonds is 0. The molecule has 0 spiro atoms. The van der Waals surface area contributed by atoms with Crippen LogP contribution in [0.5, 0.6) is 0 Å². The number of anilines is 2. The van der Waals surface area contributed by atoms with Crippen molar-refractivity contribution in [1.82, 2.24) is 0 Å². The third-order valence-corrected chi connectivity index (χ3v) is 2.69. The third-order valence-electron chi connectivity index (χ3n) is 2.69. The van der Waals surface area contributed by atoms with Crippen LogP contribution in [0.3, 0.4) is 0 Å². The second-order valence-electron chi connectivity index (χ2n) is 4.35. The highest BCUT2D eigenvalue weighted by Gasteiger charge is 2.14. The first-order chi connectivity index (χ1) is 7.58. The van der Waals surface area contributed by atoms with E-state index in [0.717, 1.165) is 17.8 Å². The maximum Gasteiger partial charge on any atom is 0.0315 e. The summed E-state index contributed by atoms with van der Waals surface area (Å²) in [7, 11) is 0. The fourth-order valence-electron chi connectivity index (χ4n) is 1.76. The molecule has 1 saturated carbocycles. The summed E-state index contributed by atoms with van der Waals surface area (Å²) in [4.78, 5) is 0. The van der Waals surface area contributed by atoms with Crippen molar-refractivity contribution in [2.75, 3.05) is 11.5 Å². The van der Waals surface area contributed by atoms with Gasteiger partial charge in [0.05, 0.1) is 0 Å². The van der Waals surface area contributed by atoms with Gasteiger partial charge >= 0.3 is 0 Å². The van der Waals surface area contributed by atoms with Crippen LogP contribution in [-0.2, 0) is 0 Å². The minimum Gasteiger partial charge on any atom is -0.399 e. The van der Waals surface area contributed by atoms with Crippen molar-refractivity contribution < 1.29 is 0 Å². The van der Waals surface area contributed by atoms with Crippen LogP contribution in [0.25, 0.3) is 0 Å². The summed E-state index contributed by atoms with van der Waals surface area (Å²) in [6, 6.07) is 7.87. The lowest BCUT2D eigenvalue weighted by atomic mass is 9.92. The molecular formula is C12H22N4. The summed E-state index contributed by atoms with van der Waals surface area (Å²) in [6.45, 7) is 0. The van der Waals surface area contributed by atoms with Crippen molar-refractivity contribution in [2.45, 2.75) is 37.8 Å². The Morgan fingerprint density at radius 1 is 0.812 bits per heavy atom. The van der Waals surface area contributed by atoms with Crippen molar-refractivity contribution in [2.24, 2.45) is 11.5 Å². The maximum atomic E-state index is 5.65. The molecular weight excluding hydrogens is 200 g/mol. The standard InChI is InChI=1S/C6H8N2.C6H14N2/c7-5-1-2-6(8)4-3-5;7-5-2-1-3-6(8)4-5/h1-4H,7-8H2;5-6H,1-4,7-8H2. The Morgan fingerprint density at radius 3 is 1.44 bits per heavy atom. The van der Waals surface area contributed by atoms with E-state index in [4.69, 9.17) is 22.9 Å². The first kappa shape index (κ1) is 12.8. The second-order valence-corrected chi connectivity index (χ2v) is 4.35. The van der Waals surface area contributed by atoms with Crippen molar-refractivity contribution in [3.63, 3.8) is 0 Å². The van der Waals surface area contributed by atoms with Gasteiger partial charge in [-0.05, 0) is 43.5 Å². The van der Waals surface area contributed by atoms with Gasteiger partial charge in [-0.1, -0.05) is 6.42 Å². The lowest BCUT2D eigenvalue weighted by Crippen LogP contribution is -2.35. The molecule has 2 atom stereocenters. The summed E-state index contributed by atoms with van der Waals surface area (Å²) in [5, 5.41) is 0. The number of hydrogen-bond donors (Lipinski definition) is 4. The lowest BCUT2D eigenvalue weighted by molar-refractivity contribution is 0.392. The fraction of sp³-hybridized carbons (Fsp3) is 0.500. The van der Waals surface area contributed by atoms with Crippen LogP contribution >= 0.6 is 0 Å². The highest BCUT2D eigenvalue weighted by Crippen LogP contribution is 2.14. The molecule has 0 aromatic heterocycles. The highest BCUT2D eigenvalue weighted by atomic mass is 14.7. The maximum absolute atomic E-state index is 5.65. The molecule has 0 bridgehead atoms. The Hall–Kier alpha value is -1.26. The molecule has 4 heteroatoms. The van der Waals surface area contributed by atoms with Gasteiger partial charge < -0.3 is 22.9 Å². The quantitative estimate of drug-likeness (QED) is 0.493. The zero-order valence-corrected chi connectivity index (χ0v) is 9.60. The van der Waals surface area contributed by atoms with Gasteiger partial charge in [-0.3, -0.25) is 0 Å². The van der Waals surface area contributed by atoms with E-state index in [9.17, 15) is 0 Å². The van der Waals surface area contributed by atoms with Gasteiger partial charge in [-0.15, -0.1) is 0 Å². The zero-order chi connectivity index (χ0) is 12.0. The molecule has 2 unspecified atom stereocenters. The van der Waals surface area contributed by atoms with Gasteiger partial charge in [-0.25, -0.2) is 0 Å². The Bertz CT molecular complexity index is 267. The SMILES string of the molecule is NC1CCCC(N)C1.Nc1ccc(N)cc1. The van der Waals surface area contributed by atoms with Crippen LogP contribution < -0.4 is 22.9 Å². The average Bonchev–Trinajstić information content (AvgIpc) is 2.23.